The highest BCUT2D eigenvalue weighted by molar-refractivity contribution is 7.89. The van der Waals surface area contributed by atoms with Crippen LogP contribution in [0.4, 0.5) is 0 Å². The monoisotopic (exact) mass is 341 g/mol. The lowest BCUT2D eigenvalue weighted by atomic mass is 10.1. The number of ether oxygens (including phenoxy) is 1. The summed E-state index contributed by atoms with van der Waals surface area (Å²) in [6, 6.07) is 3.39. The first-order valence-electron chi connectivity index (χ1n) is 7.76. The molecule has 1 amide bonds. The van der Waals surface area contributed by atoms with E-state index in [-0.39, 0.29) is 30.9 Å². The highest BCUT2D eigenvalue weighted by Crippen LogP contribution is 2.11. The summed E-state index contributed by atoms with van der Waals surface area (Å²) in [6.07, 6.45) is 4.39. The number of aromatic nitrogens is 1. The van der Waals surface area contributed by atoms with E-state index in [2.05, 4.69) is 15.0 Å². The number of pyridine rings is 1. The number of amides is 1. The molecule has 1 aliphatic rings. The predicted molar refractivity (Wildman–Crippen MR) is 86.7 cm³/mol. The van der Waals surface area contributed by atoms with Gasteiger partial charge in [-0.2, -0.15) is 0 Å². The number of nitrogens with one attached hydrogen (secondary N) is 2. The van der Waals surface area contributed by atoms with Crippen LogP contribution in [-0.4, -0.2) is 50.9 Å². The summed E-state index contributed by atoms with van der Waals surface area (Å²) in [6.45, 7) is 2.86. The van der Waals surface area contributed by atoms with Gasteiger partial charge in [0.1, 0.15) is 0 Å². The first-order chi connectivity index (χ1) is 11.0. The van der Waals surface area contributed by atoms with Crippen LogP contribution in [0.25, 0.3) is 0 Å². The third-order valence-electron chi connectivity index (χ3n) is 3.63. The van der Waals surface area contributed by atoms with Crippen LogP contribution in [0.1, 0.15) is 35.3 Å². The smallest absolute Gasteiger partial charge is 0.252 e. The van der Waals surface area contributed by atoms with E-state index in [1.54, 1.807) is 12.1 Å². The largest absolute Gasteiger partial charge is 0.377 e. The molecule has 2 rings (SSSR count). The molecule has 7 nitrogen and oxygen atoms in total. The van der Waals surface area contributed by atoms with Crippen molar-refractivity contribution in [3.63, 3.8) is 0 Å². The maximum atomic E-state index is 11.9. The van der Waals surface area contributed by atoms with Crippen molar-refractivity contribution in [2.45, 2.75) is 32.3 Å². The summed E-state index contributed by atoms with van der Waals surface area (Å²) >= 11 is 0. The average molecular weight is 341 g/mol. The molecule has 1 saturated heterocycles. The Kier molecular flexibility index (Phi) is 6.49. The lowest BCUT2D eigenvalue weighted by Crippen LogP contribution is -2.39. The Bertz CT molecular complexity index is 610. The van der Waals surface area contributed by atoms with Crippen LogP contribution in [0.2, 0.25) is 0 Å². The molecule has 23 heavy (non-hydrogen) atoms. The van der Waals surface area contributed by atoms with Crippen LogP contribution in [0.5, 0.6) is 0 Å². The topological polar surface area (TPSA) is 97.4 Å². The van der Waals surface area contributed by atoms with Gasteiger partial charge in [-0.3, -0.25) is 9.78 Å². The molecule has 0 radical (unpaired) electrons. The Labute approximate surface area is 136 Å². The van der Waals surface area contributed by atoms with E-state index in [0.717, 1.165) is 25.0 Å². The van der Waals surface area contributed by atoms with Crippen molar-refractivity contribution < 1.29 is 17.9 Å². The Morgan fingerprint density at radius 3 is 2.87 bits per heavy atom. The summed E-state index contributed by atoms with van der Waals surface area (Å²) in [4.78, 5) is 15.9. The fourth-order valence-electron chi connectivity index (χ4n) is 2.26. The van der Waals surface area contributed by atoms with Crippen LogP contribution in [0.15, 0.2) is 18.3 Å². The van der Waals surface area contributed by atoms with Crippen molar-refractivity contribution in [1.29, 1.82) is 0 Å². The molecule has 1 fully saturated rings. The zero-order valence-electron chi connectivity index (χ0n) is 13.2. The highest BCUT2D eigenvalue weighted by atomic mass is 32.2. The first-order valence-corrected chi connectivity index (χ1v) is 9.41. The molecule has 2 N–H and O–H groups in total. The molecule has 1 aromatic heterocycles. The number of hydrogen-bond acceptors (Lipinski definition) is 5. The van der Waals surface area contributed by atoms with E-state index in [1.165, 1.54) is 6.20 Å². The normalized spacial score (nSPS) is 18.6. The van der Waals surface area contributed by atoms with Crippen LogP contribution < -0.4 is 10.0 Å². The Morgan fingerprint density at radius 2 is 2.22 bits per heavy atom. The summed E-state index contributed by atoms with van der Waals surface area (Å²) in [7, 11) is -3.43. The molecule has 1 atom stereocenters. The van der Waals surface area contributed by atoms with Gasteiger partial charge in [0.15, 0.2) is 0 Å². The number of carbonyl (C=O) groups excluding carboxylic acids is 1. The van der Waals surface area contributed by atoms with Crippen LogP contribution >= 0.6 is 0 Å². The maximum absolute atomic E-state index is 11.9. The van der Waals surface area contributed by atoms with Crippen molar-refractivity contribution >= 4 is 15.9 Å². The van der Waals surface area contributed by atoms with Gasteiger partial charge in [-0.05, 0) is 38.3 Å². The first kappa shape index (κ1) is 17.8. The van der Waals surface area contributed by atoms with Gasteiger partial charge in [0.2, 0.25) is 10.0 Å². The van der Waals surface area contributed by atoms with Gasteiger partial charge in [-0.1, -0.05) is 0 Å². The quantitative estimate of drug-likeness (QED) is 0.757. The van der Waals surface area contributed by atoms with E-state index in [4.69, 9.17) is 4.74 Å². The van der Waals surface area contributed by atoms with Gasteiger partial charge in [-0.15, -0.1) is 0 Å². The van der Waals surface area contributed by atoms with Crippen molar-refractivity contribution in [2.75, 3.05) is 25.4 Å². The molecule has 0 bridgehead atoms. The van der Waals surface area contributed by atoms with Gasteiger partial charge in [0.25, 0.3) is 5.91 Å². The zero-order chi connectivity index (χ0) is 16.7. The molecule has 128 valence electrons. The highest BCUT2D eigenvalue weighted by Gasteiger charge is 2.17. The van der Waals surface area contributed by atoms with Gasteiger partial charge >= 0.3 is 0 Å². The Morgan fingerprint density at radius 1 is 1.39 bits per heavy atom. The summed E-state index contributed by atoms with van der Waals surface area (Å²) < 4.78 is 31.8. The van der Waals surface area contributed by atoms with Crippen molar-refractivity contribution in [3.05, 3.63) is 29.6 Å². The second-order valence-electron chi connectivity index (χ2n) is 5.60. The molecule has 0 aromatic carbocycles. The fraction of sp³-hybridized carbons (Fsp3) is 0.600. The van der Waals surface area contributed by atoms with Gasteiger partial charge in [0.05, 0.1) is 17.4 Å². The van der Waals surface area contributed by atoms with Crippen molar-refractivity contribution in [3.8, 4) is 0 Å². The molecule has 1 aromatic rings. The van der Waals surface area contributed by atoms with Crippen LogP contribution in [0.3, 0.4) is 0 Å². The number of sulfonamides is 1. The molecule has 0 aliphatic carbocycles. The number of aryl methyl sites for hydroxylation is 1. The number of rotatable bonds is 7. The summed E-state index contributed by atoms with van der Waals surface area (Å²) in [5.41, 5.74) is 1.23. The fourth-order valence-corrected chi connectivity index (χ4v) is 3.22. The Balaban J connectivity index is 1.71. The minimum absolute atomic E-state index is 0.0492. The zero-order valence-corrected chi connectivity index (χ0v) is 14.1. The standard InChI is InChI=1S/C15H23N3O4S/c1-12-5-6-13(10-17-12)15(19)16-7-9-23(20,21)18-11-14-4-2-3-8-22-14/h5-6,10,14,18H,2-4,7-9,11H2,1H3,(H,16,19)/t14-/m1/s1. The van der Waals surface area contributed by atoms with Gasteiger partial charge in [-0.25, -0.2) is 13.1 Å². The lowest BCUT2D eigenvalue weighted by molar-refractivity contribution is 0.0200. The van der Waals surface area contributed by atoms with Crippen molar-refractivity contribution in [1.82, 2.24) is 15.0 Å². The number of hydrogen-bond donors (Lipinski definition) is 2. The van der Waals surface area contributed by atoms with E-state index in [1.807, 2.05) is 6.92 Å². The third-order valence-corrected chi connectivity index (χ3v) is 4.98. The van der Waals surface area contributed by atoms with Crippen LogP contribution in [-0.2, 0) is 14.8 Å². The Hall–Kier alpha value is -1.51. The number of carbonyl (C=O) groups is 1. The molecular weight excluding hydrogens is 318 g/mol. The molecule has 1 aliphatic heterocycles. The maximum Gasteiger partial charge on any atom is 0.252 e. The number of nitrogens with zero attached hydrogens (tertiary/aromatic N) is 1. The third kappa shape index (κ3) is 6.25. The minimum Gasteiger partial charge on any atom is -0.377 e. The van der Waals surface area contributed by atoms with Crippen molar-refractivity contribution in [2.24, 2.45) is 0 Å². The second-order valence-corrected chi connectivity index (χ2v) is 7.53. The SMILES string of the molecule is Cc1ccc(C(=O)NCCS(=O)(=O)NC[C@H]2CCCCO2)cn1. The van der Waals surface area contributed by atoms with Gasteiger partial charge < -0.3 is 10.1 Å². The molecule has 0 spiro atoms. The van der Waals surface area contributed by atoms with E-state index < -0.39 is 10.0 Å². The van der Waals surface area contributed by atoms with Crippen LogP contribution in [0, 0.1) is 6.92 Å². The van der Waals surface area contributed by atoms with Gasteiger partial charge in [0, 0.05) is 31.6 Å². The lowest BCUT2D eigenvalue weighted by Gasteiger charge is -2.22. The second kappa shape index (κ2) is 8.37. The summed E-state index contributed by atoms with van der Waals surface area (Å²) in [5, 5.41) is 2.58. The molecule has 8 heteroatoms. The minimum atomic E-state index is -3.43. The average Bonchev–Trinajstić information content (AvgIpc) is 2.54. The predicted octanol–water partition coefficient (Wildman–Crippen LogP) is 0.608. The summed E-state index contributed by atoms with van der Waals surface area (Å²) in [5.74, 6) is -0.492. The molecule has 2 heterocycles. The van der Waals surface area contributed by atoms with E-state index >= 15 is 0 Å². The molecule has 0 saturated carbocycles. The van der Waals surface area contributed by atoms with E-state index in [9.17, 15) is 13.2 Å². The van der Waals surface area contributed by atoms with E-state index in [0.29, 0.717) is 12.2 Å². The molecule has 0 unspecified atom stereocenters. The molecular formula is C15H23N3O4S.